The van der Waals surface area contributed by atoms with E-state index in [0.29, 0.717) is 13.1 Å². The molecule has 0 spiro atoms. The van der Waals surface area contributed by atoms with E-state index in [-0.39, 0.29) is 11.8 Å². The maximum absolute atomic E-state index is 12.8. The Morgan fingerprint density at radius 1 is 1.20 bits per heavy atom. The largest absolute Gasteiger partial charge is 0.497 e. The van der Waals surface area contributed by atoms with E-state index >= 15 is 0 Å². The van der Waals surface area contributed by atoms with Gasteiger partial charge < -0.3 is 19.7 Å². The van der Waals surface area contributed by atoms with Gasteiger partial charge in [0.1, 0.15) is 11.5 Å². The SMILES string of the molecule is COc1ccc(OC)c(CNC(=O)C2CCCN(c3nnc(-n4cccc4)s3)C2)c1. The summed E-state index contributed by atoms with van der Waals surface area (Å²) >= 11 is 1.53. The Morgan fingerprint density at radius 2 is 2.00 bits per heavy atom. The zero-order valence-corrected chi connectivity index (χ0v) is 17.9. The zero-order chi connectivity index (χ0) is 20.9. The van der Waals surface area contributed by atoms with Crippen LogP contribution in [-0.2, 0) is 11.3 Å². The molecule has 1 saturated heterocycles. The first-order valence-corrected chi connectivity index (χ1v) is 10.7. The zero-order valence-electron chi connectivity index (χ0n) is 17.1. The normalized spacial score (nSPS) is 16.3. The quantitative estimate of drug-likeness (QED) is 0.624. The molecule has 1 unspecified atom stereocenters. The number of carbonyl (C=O) groups is 1. The molecule has 30 heavy (non-hydrogen) atoms. The van der Waals surface area contributed by atoms with Crippen molar-refractivity contribution in [2.24, 2.45) is 5.92 Å². The molecular formula is C21H25N5O3S. The van der Waals surface area contributed by atoms with Crippen molar-refractivity contribution in [3.63, 3.8) is 0 Å². The van der Waals surface area contributed by atoms with Crippen LogP contribution in [0, 0.1) is 5.92 Å². The van der Waals surface area contributed by atoms with Crippen molar-refractivity contribution in [1.29, 1.82) is 0 Å². The molecule has 8 nitrogen and oxygen atoms in total. The van der Waals surface area contributed by atoms with Crippen molar-refractivity contribution in [3.05, 3.63) is 48.3 Å². The number of rotatable bonds is 7. The van der Waals surface area contributed by atoms with Crippen LogP contribution >= 0.6 is 11.3 Å². The van der Waals surface area contributed by atoms with Crippen LogP contribution in [0.1, 0.15) is 18.4 Å². The van der Waals surface area contributed by atoms with Gasteiger partial charge in [0.05, 0.1) is 20.1 Å². The van der Waals surface area contributed by atoms with E-state index < -0.39 is 0 Å². The van der Waals surface area contributed by atoms with Gasteiger partial charge in [-0.15, -0.1) is 10.2 Å². The average molecular weight is 428 g/mol. The van der Waals surface area contributed by atoms with Gasteiger partial charge in [0.15, 0.2) is 0 Å². The summed E-state index contributed by atoms with van der Waals surface area (Å²) in [6.07, 6.45) is 5.70. The molecule has 3 aromatic rings. The molecule has 0 bridgehead atoms. The van der Waals surface area contributed by atoms with Crippen LogP contribution < -0.4 is 19.7 Å². The summed E-state index contributed by atoms with van der Waals surface area (Å²) in [5, 5.41) is 13.3. The summed E-state index contributed by atoms with van der Waals surface area (Å²) in [5.41, 5.74) is 0.887. The molecule has 3 heterocycles. The topological polar surface area (TPSA) is 81.5 Å². The molecule has 9 heteroatoms. The third-order valence-corrected chi connectivity index (χ3v) is 6.23. The van der Waals surface area contributed by atoms with Crippen molar-refractivity contribution >= 4 is 22.4 Å². The van der Waals surface area contributed by atoms with Gasteiger partial charge in [-0.3, -0.25) is 9.36 Å². The fourth-order valence-electron chi connectivity index (χ4n) is 3.61. The van der Waals surface area contributed by atoms with E-state index in [1.165, 1.54) is 11.3 Å². The highest BCUT2D eigenvalue weighted by molar-refractivity contribution is 7.17. The minimum Gasteiger partial charge on any atom is -0.497 e. The summed E-state index contributed by atoms with van der Waals surface area (Å²) in [4.78, 5) is 15.0. The highest BCUT2D eigenvalue weighted by atomic mass is 32.1. The summed E-state index contributed by atoms with van der Waals surface area (Å²) in [6, 6.07) is 9.49. The molecule has 0 aliphatic carbocycles. The van der Waals surface area contributed by atoms with Crippen molar-refractivity contribution < 1.29 is 14.3 Å². The van der Waals surface area contributed by atoms with Gasteiger partial charge in [0, 0.05) is 37.6 Å². The number of methoxy groups -OCH3 is 2. The Kier molecular flexibility index (Phi) is 6.18. The van der Waals surface area contributed by atoms with Crippen LogP contribution in [0.3, 0.4) is 0 Å². The highest BCUT2D eigenvalue weighted by Gasteiger charge is 2.28. The number of ether oxygens (including phenoxy) is 2. The van der Waals surface area contributed by atoms with Crippen LogP contribution in [0.5, 0.6) is 11.5 Å². The monoisotopic (exact) mass is 427 g/mol. The molecule has 0 radical (unpaired) electrons. The Labute approximate surface area is 179 Å². The fraction of sp³-hybridized carbons (Fsp3) is 0.381. The highest BCUT2D eigenvalue weighted by Crippen LogP contribution is 2.28. The Bertz CT molecular complexity index is 988. The molecule has 2 aromatic heterocycles. The summed E-state index contributed by atoms with van der Waals surface area (Å²) in [5.74, 6) is 1.42. The number of hydrogen-bond donors (Lipinski definition) is 1. The second-order valence-electron chi connectivity index (χ2n) is 7.14. The second kappa shape index (κ2) is 9.17. The van der Waals surface area contributed by atoms with E-state index in [0.717, 1.165) is 46.7 Å². The molecule has 0 saturated carbocycles. The molecule has 158 valence electrons. The molecule has 1 amide bonds. The number of nitrogens with one attached hydrogen (secondary N) is 1. The lowest BCUT2D eigenvalue weighted by Crippen LogP contribution is -2.43. The van der Waals surface area contributed by atoms with E-state index in [1.54, 1.807) is 14.2 Å². The van der Waals surface area contributed by atoms with E-state index in [4.69, 9.17) is 9.47 Å². The van der Waals surface area contributed by atoms with Gasteiger partial charge in [-0.1, -0.05) is 11.3 Å². The van der Waals surface area contributed by atoms with Crippen molar-refractivity contribution in [3.8, 4) is 16.6 Å². The molecule has 4 rings (SSSR count). The predicted octanol–water partition coefficient (Wildman–Crippen LogP) is 2.88. The van der Waals surface area contributed by atoms with Crippen LogP contribution in [0.2, 0.25) is 0 Å². The second-order valence-corrected chi connectivity index (χ2v) is 8.07. The van der Waals surface area contributed by atoms with Crippen LogP contribution in [-0.4, -0.2) is 48.0 Å². The Balaban J connectivity index is 1.38. The Hall–Kier alpha value is -3.07. The third-order valence-electron chi connectivity index (χ3n) is 5.23. The Morgan fingerprint density at radius 3 is 2.77 bits per heavy atom. The van der Waals surface area contributed by atoms with Gasteiger partial charge in [0.25, 0.3) is 0 Å². The van der Waals surface area contributed by atoms with Gasteiger partial charge in [-0.25, -0.2) is 0 Å². The number of amides is 1. The smallest absolute Gasteiger partial charge is 0.225 e. The maximum atomic E-state index is 12.8. The minimum atomic E-state index is -0.0886. The number of nitrogens with zero attached hydrogens (tertiary/aromatic N) is 4. The number of piperidine rings is 1. The number of aromatic nitrogens is 3. The van der Waals surface area contributed by atoms with Gasteiger partial charge in [0.2, 0.25) is 16.2 Å². The molecule has 1 atom stereocenters. The first-order valence-electron chi connectivity index (χ1n) is 9.88. The predicted molar refractivity (Wildman–Crippen MR) is 116 cm³/mol. The maximum Gasteiger partial charge on any atom is 0.225 e. The summed E-state index contributed by atoms with van der Waals surface area (Å²) in [7, 11) is 3.24. The molecular weight excluding hydrogens is 402 g/mol. The fourth-order valence-corrected chi connectivity index (χ4v) is 4.46. The van der Waals surface area contributed by atoms with Crippen LogP contribution in [0.4, 0.5) is 5.13 Å². The van der Waals surface area contributed by atoms with Crippen molar-refractivity contribution in [1.82, 2.24) is 20.1 Å². The van der Waals surface area contributed by atoms with Crippen molar-refractivity contribution in [2.75, 3.05) is 32.2 Å². The van der Waals surface area contributed by atoms with Gasteiger partial charge in [-0.05, 0) is 43.2 Å². The number of anilines is 1. The lowest BCUT2D eigenvalue weighted by molar-refractivity contribution is -0.125. The number of benzene rings is 1. The first-order chi connectivity index (χ1) is 14.7. The molecule has 1 N–H and O–H groups in total. The lowest BCUT2D eigenvalue weighted by atomic mass is 9.97. The molecule has 1 aliphatic rings. The van der Waals surface area contributed by atoms with Crippen LogP contribution in [0.25, 0.3) is 5.13 Å². The number of carbonyl (C=O) groups excluding carboxylic acids is 1. The molecule has 1 aromatic carbocycles. The average Bonchev–Trinajstić information content (AvgIpc) is 3.49. The third kappa shape index (κ3) is 4.40. The summed E-state index contributed by atoms with van der Waals surface area (Å²) < 4.78 is 12.6. The lowest BCUT2D eigenvalue weighted by Gasteiger charge is -2.31. The summed E-state index contributed by atoms with van der Waals surface area (Å²) in [6.45, 7) is 1.92. The van der Waals surface area contributed by atoms with E-state index in [2.05, 4.69) is 20.4 Å². The van der Waals surface area contributed by atoms with E-state index in [9.17, 15) is 4.79 Å². The first kappa shape index (κ1) is 20.2. The van der Waals surface area contributed by atoms with Gasteiger partial charge in [-0.2, -0.15) is 0 Å². The standard InChI is InChI=1S/C21H25N5O3S/c1-28-17-7-8-18(29-2)16(12-17)13-22-19(27)15-6-5-11-26(14-15)21-24-23-20(30-21)25-9-3-4-10-25/h3-4,7-10,12,15H,5-6,11,13-14H2,1-2H3,(H,22,27). The van der Waals surface area contributed by atoms with Crippen LogP contribution in [0.15, 0.2) is 42.7 Å². The van der Waals surface area contributed by atoms with Crippen molar-refractivity contribution in [2.45, 2.75) is 19.4 Å². The molecule has 1 aliphatic heterocycles. The molecule has 1 fully saturated rings. The van der Waals surface area contributed by atoms with Gasteiger partial charge >= 0.3 is 0 Å². The van der Waals surface area contributed by atoms with E-state index in [1.807, 2.05) is 47.3 Å². The minimum absolute atomic E-state index is 0.0414. The number of hydrogen-bond acceptors (Lipinski definition) is 7.